The summed E-state index contributed by atoms with van der Waals surface area (Å²) in [5.41, 5.74) is 3.67. The maximum absolute atomic E-state index is 13.1. The normalized spacial score (nSPS) is 21.8. The van der Waals surface area contributed by atoms with Crippen molar-refractivity contribution in [1.82, 2.24) is 34.9 Å². The fourth-order valence-electron chi connectivity index (χ4n) is 5.33. The van der Waals surface area contributed by atoms with Crippen molar-refractivity contribution in [2.24, 2.45) is 12.0 Å². The Morgan fingerprint density at radius 3 is 2.74 bits per heavy atom. The minimum Gasteiger partial charge on any atom is -0.444 e. The third kappa shape index (κ3) is 6.22. The highest BCUT2D eigenvalue weighted by atomic mass is 32.2. The Kier molecular flexibility index (Phi) is 7.63. The molecule has 0 radical (unpaired) electrons. The monoisotopic (exact) mass is 626 g/mol. The van der Waals surface area contributed by atoms with Gasteiger partial charge in [-0.1, -0.05) is 12.5 Å². The number of nitrogens with zero attached hydrogens (tertiary/aromatic N) is 5. The van der Waals surface area contributed by atoms with Gasteiger partial charge in [-0.3, -0.25) is 4.68 Å². The average molecular weight is 627 g/mol. The maximum Gasteiger partial charge on any atom is 0.410 e. The van der Waals surface area contributed by atoms with E-state index in [4.69, 9.17) is 9.73 Å². The number of sulfonamides is 1. The predicted octanol–water partition coefficient (Wildman–Crippen LogP) is 3.89. The molecule has 0 spiro atoms. The van der Waals surface area contributed by atoms with E-state index in [1.807, 2.05) is 52.5 Å². The first kappa shape index (κ1) is 29.5. The summed E-state index contributed by atoms with van der Waals surface area (Å²) >= 11 is 1.16. The minimum absolute atomic E-state index is 0.00574. The molecule has 1 aliphatic carbocycles. The van der Waals surface area contributed by atoms with Crippen LogP contribution in [0.2, 0.25) is 0 Å². The van der Waals surface area contributed by atoms with Gasteiger partial charge in [-0.2, -0.15) is 5.10 Å². The zero-order valence-corrected chi connectivity index (χ0v) is 26.7. The first-order valence-corrected chi connectivity index (χ1v) is 16.8. The fraction of sp³-hybridized carbons (Fsp3) is 0.483. The number of carbonyl (C=O) groups excluding carboxylic acids is 1. The Morgan fingerprint density at radius 2 is 2.07 bits per heavy atom. The molecule has 4 aliphatic rings. The number of aryl methyl sites for hydroxylation is 2. The zero-order chi connectivity index (χ0) is 30.5. The van der Waals surface area contributed by atoms with E-state index in [-0.39, 0.29) is 18.3 Å². The number of amidine groups is 1. The number of hydrogen-bond acceptors (Lipinski definition) is 9. The lowest BCUT2D eigenvalue weighted by atomic mass is 9.94. The summed E-state index contributed by atoms with van der Waals surface area (Å²) in [7, 11) is -1.75. The largest absolute Gasteiger partial charge is 0.444 e. The van der Waals surface area contributed by atoms with E-state index >= 15 is 0 Å². The molecule has 14 heteroatoms. The summed E-state index contributed by atoms with van der Waals surface area (Å²) in [6, 6.07) is 1.82. The van der Waals surface area contributed by atoms with Gasteiger partial charge in [-0.05, 0) is 64.2 Å². The van der Waals surface area contributed by atoms with Crippen molar-refractivity contribution in [3.8, 4) is 0 Å². The molecular formula is C29H38N8O4S2. The van der Waals surface area contributed by atoms with Crippen LogP contribution in [0.1, 0.15) is 57.6 Å². The molecule has 2 aromatic rings. The van der Waals surface area contributed by atoms with Crippen LogP contribution in [0, 0.1) is 6.92 Å². The Balaban J connectivity index is 1.31. The lowest BCUT2D eigenvalue weighted by Crippen LogP contribution is -2.52. The molecule has 0 aromatic carbocycles. The molecule has 6 rings (SSSR count). The summed E-state index contributed by atoms with van der Waals surface area (Å²) in [6.45, 7) is 8.33. The lowest BCUT2D eigenvalue weighted by Gasteiger charge is -2.36. The molecular weight excluding hydrogens is 589 g/mol. The van der Waals surface area contributed by atoms with Gasteiger partial charge in [0.05, 0.1) is 24.1 Å². The van der Waals surface area contributed by atoms with Gasteiger partial charge in [-0.15, -0.1) is 11.3 Å². The van der Waals surface area contributed by atoms with E-state index in [1.54, 1.807) is 22.7 Å². The Bertz CT molecular complexity index is 1660. The van der Waals surface area contributed by atoms with Gasteiger partial charge in [0.15, 0.2) is 12.0 Å². The van der Waals surface area contributed by atoms with Crippen LogP contribution < -0.4 is 15.4 Å². The third-order valence-electron chi connectivity index (χ3n) is 7.63. The number of thiophene rings is 1. The summed E-state index contributed by atoms with van der Waals surface area (Å²) in [5, 5.41) is 11.8. The molecule has 12 nitrogen and oxygen atoms in total. The molecule has 3 aliphatic heterocycles. The first-order chi connectivity index (χ1) is 20.4. The van der Waals surface area contributed by atoms with E-state index in [0.717, 1.165) is 53.1 Å². The van der Waals surface area contributed by atoms with Gasteiger partial charge in [0.25, 0.3) is 10.0 Å². The molecule has 3 N–H and O–H groups in total. The van der Waals surface area contributed by atoms with E-state index in [0.29, 0.717) is 40.1 Å². The van der Waals surface area contributed by atoms with Crippen LogP contribution in [0.3, 0.4) is 0 Å². The molecule has 5 heterocycles. The van der Waals surface area contributed by atoms with Crippen molar-refractivity contribution < 1.29 is 17.9 Å². The second-order valence-electron chi connectivity index (χ2n) is 12.3. The fourth-order valence-corrected chi connectivity index (χ4v) is 8.23. The highest BCUT2D eigenvalue weighted by molar-refractivity contribution is 7.91. The molecule has 1 amide bonds. The molecule has 0 saturated heterocycles. The molecule has 43 heavy (non-hydrogen) atoms. The summed E-state index contributed by atoms with van der Waals surface area (Å²) < 4.78 is 36.7. The quantitative estimate of drug-likeness (QED) is 0.440. The minimum atomic E-state index is -3.62. The zero-order valence-electron chi connectivity index (χ0n) is 25.0. The molecule has 1 unspecified atom stereocenters. The van der Waals surface area contributed by atoms with Crippen LogP contribution in [0.4, 0.5) is 9.80 Å². The van der Waals surface area contributed by atoms with Gasteiger partial charge < -0.3 is 25.2 Å². The molecule has 0 bridgehead atoms. The SMILES string of the molecule is Cc1cc(N=C2NC(C3=CCCN(C(=O)OC(C)(C)C)C3)=CN3C(c4cnn(C)c4)=CNC23)sc1S(=O)(=O)NC1CCC1. The van der Waals surface area contributed by atoms with Gasteiger partial charge in [0.2, 0.25) is 0 Å². The standard InChI is InChI=1S/C29H38N8O4S2/c1-18-12-24(42-27(18)43(39,40)34-21-9-6-10-21)33-25-26-30-14-23(20-13-31-35(5)15-20)37(26)17-22(32-25)19-8-7-11-36(16-19)28(38)41-29(2,3)4/h8,12-15,17,21,26,30,34H,6-7,9-11,16H2,1-5H3,(H,32,33). The number of fused-ring (bicyclic) bond motifs is 1. The van der Waals surface area contributed by atoms with Gasteiger partial charge in [0, 0.05) is 43.8 Å². The molecule has 1 fully saturated rings. The van der Waals surface area contributed by atoms with Crippen molar-refractivity contribution in [3.63, 3.8) is 0 Å². The van der Waals surface area contributed by atoms with E-state index in [2.05, 4.69) is 31.4 Å². The van der Waals surface area contributed by atoms with Crippen LogP contribution in [0.25, 0.3) is 5.70 Å². The predicted molar refractivity (Wildman–Crippen MR) is 166 cm³/mol. The maximum atomic E-state index is 13.1. The molecule has 1 atom stereocenters. The van der Waals surface area contributed by atoms with Crippen LogP contribution in [0.15, 0.2) is 57.4 Å². The Labute approximate surface area is 256 Å². The second-order valence-corrected chi connectivity index (χ2v) is 15.2. The smallest absolute Gasteiger partial charge is 0.410 e. The summed E-state index contributed by atoms with van der Waals surface area (Å²) in [5.74, 6) is 0.611. The van der Waals surface area contributed by atoms with E-state index < -0.39 is 15.6 Å². The van der Waals surface area contributed by atoms with Gasteiger partial charge in [-0.25, -0.2) is 22.9 Å². The van der Waals surface area contributed by atoms with Crippen molar-refractivity contribution in [2.75, 3.05) is 13.1 Å². The van der Waals surface area contributed by atoms with Gasteiger partial charge >= 0.3 is 6.09 Å². The van der Waals surface area contributed by atoms with Crippen LogP contribution >= 0.6 is 11.3 Å². The first-order valence-electron chi connectivity index (χ1n) is 14.5. The van der Waals surface area contributed by atoms with Crippen molar-refractivity contribution in [1.29, 1.82) is 0 Å². The lowest BCUT2D eigenvalue weighted by molar-refractivity contribution is 0.0263. The highest BCUT2D eigenvalue weighted by Crippen LogP contribution is 2.36. The number of nitrogens with one attached hydrogen (secondary N) is 3. The number of amides is 1. The molecule has 1 saturated carbocycles. The topological polar surface area (TPSA) is 133 Å². The summed E-state index contributed by atoms with van der Waals surface area (Å²) in [6.07, 6.45) is 12.6. The molecule has 230 valence electrons. The summed E-state index contributed by atoms with van der Waals surface area (Å²) in [4.78, 5) is 21.6. The average Bonchev–Trinajstić information content (AvgIpc) is 3.63. The number of carbonyl (C=O) groups is 1. The number of aromatic nitrogens is 2. The number of aliphatic imine (C=N–C) groups is 1. The van der Waals surface area contributed by atoms with E-state index in [1.165, 1.54) is 0 Å². The van der Waals surface area contributed by atoms with Gasteiger partial charge in [0.1, 0.15) is 14.8 Å². The van der Waals surface area contributed by atoms with Crippen molar-refractivity contribution >= 4 is 44.0 Å². The third-order valence-corrected chi connectivity index (χ3v) is 10.9. The number of hydrogen-bond donors (Lipinski definition) is 3. The second kappa shape index (κ2) is 11.1. The van der Waals surface area contributed by atoms with E-state index in [9.17, 15) is 13.2 Å². The number of ether oxygens (including phenoxy) is 1. The van der Waals surface area contributed by atoms with Crippen molar-refractivity contribution in [3.05, 3.63) is 59.3 Å². The van der Waals surface area contributed by atoms with Crippen molar-refractivity contribution in [2.45, 2.75) is 75.4 Å². The highest BCUT2D eigenvalue weighted by Gasteiger charge is 2.36. The Morgan fingerprint density at radius 1 is 1.28 bits per heavy atom. The number of rotatable bonds is 6. The van der Waals surface area contributed by atoms with Crippen LogP contribution in [0.5, 0.6) is 0 Å². The Hall–Kier alpha value is -3.62. The van der Waals surface area contributed by atoms with Crippen LogP contribution in [-0.2, 0) is 21.8 Å². The molecule has 2 aromatic heterocycles. The van der Waals surface area contributed by atoms with Crippen LogP contribution in [-0.4, -0.2) is 70.8 Å².